The molecule has 0 aliphatic heterocycles. The van der Waals surface area contributed by atoms with Crippen LogP contribution in [0.2, 0.25) is 0 Å². The zero-order valence-corrected chi connectivity index (χ0v) is 12.9. The highest BCUT2D eigenvalue weighted by Gasteiger charge is 2.31. The number of hydrogen-bond donors (Lipinski definition) is 3. The molecule has 0 spiro atoms. The molecule has 1 amide bonds. The van der Waals surface area contributed by atoms with Crippen LogP contribution in [0.1, 0.15) is 49.8 Å². The van der Waals surface area contributed by atoms with Gasteiger partial charge < -0.3 is 15.7 Å². The molecule has 1 aliphatic rings. The number of carbonyl (C=O) groups is 1. The first-order valence-corrected chi connectivity index (χ1v) is 7.83. The molecule has 3 N–H and O–H groups in total. The van der Waals surface area contributed by atoms with E-state index in [4.69, 9.17) is 0 Å². The Balaban J connectivity index is 2.05. The largest absolute Gasteiger partial charge is 0.392 e. The van der Waals surface area contributed by atoms with Gasteiger partial charge in [0.15, 0.2) is 0 Å². The highest BCUT2D eigenvalue weighted by Crippen LogP contribution is 2.27. The average Bonchev–Trinajstić information content (AvgIpc) is 2.54. The van der Waals surface area contributed by atoms with Gasteiger partial charge in [-0.1, -0.05) is 37.1 Å². The Morgan fingerprint density at radius 1 is 1.38 bits per heavy atom. The summed E-state index contributed by atoms with van der Waals surface area (Å²) in [7, 11) is 1.71. The van der Waals surface area contributed by atoms with E-state index in [2.05, 4.69) is 23.6 Å². The first-order chi connectivity index (χ1) is 10.2. The number of carbonyl (C=O) groups excluding carboxylic acids is 1. The molecule has 1 saturated carbocycles. The number of aliphatic hydroxyl groups is 1. The third kappa shape index (κ3) is 4.05. The molecule has 1 aliphatic carbocycles. The zero-order chi connectivity index (χ0) is 15.2. The van der Waals surface area contributed by atoms with Crippen LogP contribution in [0.3, 0.4) is 0 Å². The monoisotopic (exact) mass is 290 g/mol. The third-order valence-electron chi connectivity index (χ3n) is 4.45. The Morgan fingerprint density at radius 2 is 2.14 bits per heavy atom. The van der Waals surface area contributed by atoms with E-state index in [1.807, 2.05) is 18.2 Å². The number of nitrogens with one attached hydrogen (secondary N) is 2. The number of amides is 1. The van der Waals surface area contributed by atoms with E-state index in [0.29, 0.717) is 0 Å². The van der Waals surface area contributed by atoms with Crippen molar-refractivity contribution in [3.05, 3.63) is 35.4 Å². The fourth-order valence-corrected chi connectivity index (χ4v) is 3.21. The SMILES string of the molecule is CNC(=O)C1CCCCC1NC(C)c1cccc(CO)c1. The van der Waals surface area contributed by atoms with Gasteiger partial charge in [-0.3, -0.25) is 4.79 Å². The van der Waals surface area contributed by atoms with Gasteiger partial charge >= 0.3 is 0 Å². The van der Waals surface area contributed by atoms with E-state index >= 15 is 0 Å². The van der Waals surface area contributed by atoms with Crippen molar-refractivity contribution in [1.82, 2.24) is 10.6 Å². The topological polar surface area (TPSA) is 61.4 Å². The number of hydrogen-bond acceptors (Lipinski definition) is 3. The van der Waals surface area contributed by atoms with Gasteiger partial charge in [0, 0.05) is 19.1 Å². The molecular formula is C17H26N2O2. The second-order valence-electron chi connectivity index (χ2n) is 5.90. The maximum absolute atomic E-state index is 12.0. The molecule has 0 aromatic heterocycles. The number of benzene rings is 1. The van der Waals surface area contributed by atoms with Crippen molar-refractivity contribution in [1.29, 1.82) is 0 Å². The van der Waals surface area contributed by atoms with E-state index < -0.39 is 0 Å². The lowest BCUT2D eigenvalue weighted by Crippen LogP contribution is -2.46. The summed E-state index contributed by atoms with van der Waals surface area (Å²) in [5, 5.41) is 15.6. The molecule has 3 unspecified atom stereocenters. The molecule has 0 bridgehead atoms. The molecule has 1 aromatic rings. The third-order valence-corrected chi connectivity index (χ3v) is 4.45. The summed E-state index contributed by atoms with van der Waals surface area (Å²) in [5.74, 6) is 0.204. The first-order valence-electron chi connectivity index (χ1n) is 7.83. The standard InChI is InChI=1S/C17H26N2O2/c1-12(14-7-5-6-13(10-14)11-20)19-16-9-4-3-8-15(16)17(21)18-2/h5-7,10,12,15-16,19-20H,3-4,8-9,11H2,1-2H3,(H,18,21). The minimum atomic E-state index is 0.0604. The normalized spacial score (nSPS) is 23.6. The van der Waals surface area contributed by atoms with E-state index in [9.17, 15) is 9.90 Å². The molecule has 2 rings (SSSR count). The first kappa shape index (κ1) is 16.0. The van der Waals surface area contributed by atoms with Crippen LogP contribution in [0.25, 0.3) is 0 Å². The van der Waals surface area contributed by atoms with Crippen molar-refractivity contribution in [2.45, 2.75) is 51.3 Å². The summed E-state index contributed by atoms with van der Waals surface area (Å²) in [6, 6.07) is 8.38. The van der Waals surface area contributed by atoms with Crippen molar-refractivity contribution in [3.8, 4) is 0 Å². The molecule has 3 atom stereocenters. The zero-order valence-electron chi connectivity index (χ0n) is 12.9. The summed E-state index contributed by atoms with van der Waals surface area (Å²) < 4.78 is 0. The highest BCUT2D eigenvalue weighted by molar-refractivity contribution is 5.79. The average molecular weight is 290 g/mol. The lowest BCUT2D eigenvalue weighted by molar-refractivity contribution is -0.126. The quantitative estimate of drug-likeness (QED) is 0.778. The molecule has 21 heavy (non-hydrogen) atoms. The highest BCUT2D eigenvalue weighted by atomic mass is 16.3. The maximum Gasteiger partial charge on any atom is 0.224 e. The molecule has 1 fully saturated rings. The van der Waals surface area contributed by atoms with Crippen LogP contribution >= 0.6 is 0 Å². The van der Waals surface area contributed by atoms with Gasteiger partial charge in [0.2, 0.25) is 5.91 Å². The Morgan fingerprint density at radius 3 is 2.86 bits per heavy atom. The van der Waals surface area contributed by atoms with E-state index in [1.54, 1.807) is 7.05 Å². The predicted molar refractivity (Wildman–Crippen MR) is 83.7 cm³/mol. The lowest BCUT2D eigenvalue weighted by Gasteiger charge is -2.33. The van der Waals surface area contributed by atoms with Gasteiger partial charge in [0.05, 0.1) is 12.5 Å². The summed E-state index contributed by atoms with van der Waals surface area (Å²) in [4.78, 5) is 12.0. The molecule has 4 heteroatoms. The Hall–Kier alpha value is -1.39. The van der Waals surface area contributed by atoms with Crippen molar-refractivity contribution in [2.24, 2.45) is 5.92 Å². The van der Waals surface area contributed by atoms with Crippen LogP contribution in [0.4, 0.5) is 0 Å². The molecule has 0 heterocycles. The van der Waals surface area contributed by atoms with Gasteiger partial charge in [-0.2, -0.15) is 0 Å². The van der Waals surface area contributed by atoms with Crippen LogP contribution in [0, 0.1) is 5.92 Å². The van der Waals surface area contributed by atoms with Crippen molar-refractivity contribution in [3.63, 3.8) is 0 Å². The van der Waals surface area contributed by atoms with Crippen LogP contribution in [-0.4, -0.2) is 24.1 Å². The smallest absolute Gasteiger partial charge is 0.224 e. The molecule has 0 saturated heterocycles. The van der Waals surface area contributed by atoms with Gasteiger partial charge in [-0.25, -0.2) is 0 Å². The molecule has 0 radical (unpaired) electrons. The number of rotatable bonds is 5. The second-order valence-corrected chi connectivity index (χ2v) is 5.90. The fraction of sp³-hybridized carbons (Fsp3) is 0.588. The lowest BCUT2D eigenvalue weighted by atomic mass is 9.83. The van der Waals surface area contributed by atoms with E-state index in [-0.39, 0.29) is 30.5 Å². The van der Waals surface area contributed by atoms with Crippen LogP contribution in [-0.2, 0) is 11.4 Å². The van der Waals surface area contributed by atoms with Crippen molar-refractivity contribution >= 4 is 5.91 Å². The van der Waals surface area contributed by atoms with E-state index in [0.717, 1.165) is 30.4 Å². The van der Waals surface area contributed by atoms with Gasteiger partial charge in [0.1, 0.15) is 0 Å². The van der Waals surface area contributed by atoms with Gasteiger partial charge in [-0.15, -0.1) is 0 Å². The second kappa shape index (κ2) is 7.57. The van der Waals surface area contributed by atoms with E-state index in [1.165, 1.54) is 6.42 Å². The Kier molecular flexibility index (Phi) is 5.76. The van der Waals surface area contributed by atoms with Crippen LogP contribution in [0.15, 0.2) is 24.3 Å². The molecule has 1 aromatic carbocycles. The summed E-state index contributed by atoms with van der Waals surface area (Å²) in [6.45, 7) is 2.18. The minimum Gasteiger partial charge on any atom is -0.392 e. The Bertz CT molecular complexity index is 476. The Labute approximate surface area is 126 Å². The summed E-state index contributed by atoms with van der Waals surface area (Å²) in [5.41, 5.74) is 2.08. The predicted octanol–water partition coefficient (Wildman–Crippen LogP) is 2.13. The number of aliphatic hydroxyl groups excluding tert-OH is 1. The van der Waals surface area contributed by atoms with Crippen molar-refractivity contribution in [2.75, 3.05) is 7.05 Å². The molecule has 116 valence electrons. The maximum atomic E-state index is 12.0. The van der Waals surface area contributed by atoms with Crippen LogP contribution < -0.4 is 10.6 Å². The van der Waals surface area contributed by atoms with Gasteiger partial charge in [0.25, 0.3) is 0 Å². The fourth-order valence-electron chi connectivity index (χ4n) is 3.21. The van der Waals surface area contributed by atoms with Crippen molar-refractivity contribution < 1.29 is 9.90 Å². The van der Waals surface area contributed by atoms with Crippen LogP contribution in [0.5, 0.6) is 0 Å². The molecule has 4 nitrogen and oxygen atoms in total. The van der Waals surface area contributed by atoms with Gasteiger partial charge in [-0.05, 0) is 30.9 Å². The molecular weight excluding hydrogens is 264 g/mol. The minimum absolute atomic E-state index is 0.0604. The summed E-state index contributed by atoms with van der Waals surface area (Å²) in [6.07, 6.45) is 4.31. The summed E-state index contributed by atoms with van der Waals surface area (Å²) >= 11 is 0.